The van der Waals surface area contributed by atoms with Crippen LogP contribution < -0.4 is 11.1 Å². The monoisotopic (exact) mass is 221 g/mol. The maximum atomic E-state index is 12.9. The predicted octanol–water partition coefficient (Wildman–Crippen LogP) is 2.69. The molecular weight excluding hydrogens is 212 g/mol. The van der Waals surface area contributed by atoms with E-state index < -0.39 is 11.6 Å². The van der Waals surface area contributed by atoms with E-state index in [0.29, 0.717) is 17.2 Å². The number of pyridine rings is 1. The molecule has 0 atom stereocenters. The van der Waals surface area contributed by atoms with Crippen LogP contribution in [0.5, 0.6) is 0 Å². The molecule has 1 heterocycles. The van der Waals surface area contributed by atoms with Crippen LogP contribution in [0.4, 0.5) is 26.0 Å². The summed E-state index contributed by atoms with van der Waals surface area (Å²) in [7, 11) is 0. The van der Waals surface area contributed by atoms with Gasteiger partial charge in [0, 0.05) is 29.7 Å². The second-order valence-electron chi connectivity index (χ2n) is 3.25. The number of hydrogen-bond donors (Lipinski definition) is 2. The fraction of sp³-hybridized carbons (Fsp3) is 0. The van der Waals surface area contributed by atoms with Gasteiger partial charge in [0.25, 0.3) is 0 Å². The molecule has 3 N–H and O–H groups in total. The van der Waals surface area contributed by atoms with E-state index in [0.717, 1.165) is 6.07 Å². The van der Waals surface area contributed by atoms with Crippen LogP contribution in [0.25, 0.3) is 0 Å². The van der Waals surface area contributed by atoms with Crippen molar-refractivity contribution in [2.75, 3.05) is 11.1 Å². The van der Waals surface area contributed by atoms with E-state index in [1.165, 1.54) is 18.3 Å². The Balaban J connectivity index is 2.27. The molecule has 0 saturated carbocycles. The Bertz CT molecular complexity index is 494. The van der Waals surface area contributed by atoms with Gasteiger partial charge in [-0.05, 0) is 18.2 Å². The standard InChI is InChI=1S/C11H9F2N3/c12-7-3-8(13)5-10(4-7)16-9-1-2-15-11(14)6-9/h1-6H,(H3,14,15,16). The van der Waals surface area contributed by atoms with Crippen LogP contribution in [0.1, 0.15) is 0 Å². The molecule has 0 aliphatic rings. The number of nitrogen functional groups attached to an aromatic ring is 1. The fourth-order valence-electron chi connectivity index (χ4n) is 1.32. The summed E-state index contributed by atoms with van der Waals surface area (Å²) in [6, 6.07) is 6.42. The van der Waals surface area contributed by atoms with Gasteiger partial charge >= 0.3 is 0 Å². The Hall–Kier alpha value is -2.17. The Morgan fingerprint density at radius 1 is 1.00 bits per heavy atom. The molecule has 16 heavy (non-hydrogen) atoms. The molecule has 5 heteroatoms. The van der Waals surface area contributed by atoms with Crippen molar-refractivity contribution in [3.63, 3.8) is 0 Å². The zero-order valence-corrected chi connectivity index (χ0v) is 8.24. The number of nitrogens with zero attached hydrogens (tertiary/aromatic N) is 1. The van der Waals surface area contributed by atoms with Gasteiger partial charge in [-0.15, -0.1) is 0 Å². The van der Waals surface area contributed by atoms with E-state index in [9.17, 15) is 8.78 Å². The van der Waals surface area contributed by atoms with Crippen LogP contribution in [0.3, 0.4) is 0 Å². The number of benzene rings is 1. The highest BCUT2D eigenvalue weighted by Gasteiger charge is 2.01. The summed E-state index contributed by atoms with van der Waals surface area (Å²) < 4.78 is 25.8. The third kappa shape index (κ3) is 2.44. The highest BCUT2D eigenvalue weighted by Crippen LogP contribution is 2.19. The minimum absolute atomic E-state index is 0.322. The van der Waals surface area contributed by atoms with E-state index in [1.807, 2.05) is 0 Å². The van der Waals surface area contributed by atoms with Gasteiger partial charge in [0.1, 0.15) is 17.5 Å². The normalized spacial score (nSPS) is 10.1. The Morgan fingerprint density at radius 3 is 2.31 bits per heavy atom. The van der Waals surface area contributed by atoms with E-state index in [4.69, 9.17) is 5.73 Å². The predicted molar refractivity (Wildman–Crippen MR) is 58.3 cm³/mol. The van der Waals surface area contributed by atoms with Gasteiger partial charge in [0.15, 0.2) is 0 Å². The summed E-state index contributed by atoms with van der Waals surface area (Å²) in [6.07, 6.45) is 1.51. The van der Waals surface area contributed by atoms with E-state index >= 15 is 0 Å². The Labute approximate surface area is 90.9 Å². The van der Waals surface area contributed by atoms with Crippen LogP contribution >= 0.6 is 0 Å². The largest absolute Gasteiger partial charge is 0.384 e. The number of anilines is 3. The maximum absolute atomic E-state index is 12.9. The van der Waals surface area contributed by atoms with Crippen LogP contribution in [0, 0.1) is 11.6 Å². The number of hydrogen-bond acceptors (Lipinski definition) is 3. The average Bonchev–Trinajstić information content (AvgIpc) is 2.15. The van der Waals surface area contributed by atoms with Crippen molar-refractivity contribution in [3.8, 4) is 0 Å². The molecule has 0 aliphatic carbocycles. The smallest absolute Gasteiger partial charge is 0.128 e. The van der Waals surface area contributed by atoms with Crippen LogP contribution in [0.15, 0.2) is 36.5 Å². The molecule has 1 aromatic carbocycles. The Morgan fingerprint density at radius 2 is 1.69 bits per heavy atom. The summed E-state index contributed by atoms with van der Waals surface area (Å²) in [5.74, 6) is -0.934. The third-order valence-corrected chi connectivity index (χ3v) is 1.93. The molecule has 82 valence electrons. The molecule has 0 saturated heterocycles. The van der Waals surface area contributed by atoms with Crippen LogP contribution in [0.2, 0.25) is 0 Å². The van der Waals surface area contributed by atoms with Crippen molar-refractivity contribution in [2.45, 2.75) is 0 Å². The minimum atomic E-state index is -0.635. The summed E-state index contributed by atoms with van der Waals surface area (Å²) in [4.78, 5) is 3.81. The third-order valence-electron chi connectivity index (χ3n) is 1.93. The summed E-state index contributed by atoms with van der Waals surface area (Å²) in [5, 5.41) is 2.83. The number of halogens is 2. The lowest BCUT2D eigenvalue weighted by atomic mass is 10.3. The highest BCUT2D eigenvalue weighted by atomic mass is 19.1. The van der Waals surface area contributed by atoms with E-state index in [-0.39, 0.29) is 0 Å². The van der Waals surface area contributed by atoms with Crippen molar-refractivity contribution in [3.05, 3.63) is 48.2 Å². The van der Waals surface area contributed by atoms with Crippen molar-refractivity contribution in [2.24, 2.45) is 0 Å². The van der Waals surface area contributed by atoms with Gasteiger partial charge in [-0.3, -0.25) is 0 Å². The van der Waals surface area contributed by atoms with Crippen molar-refractivity contribution in [1.29, 1.82) is 0 Å². The van der Waals surface area contributed by atoms with Gasteiger partial charge < -0.3 is 11.1 Å². The molecule has 0 radical (unpaired) electrons. The highest BCUT2D eigenvalue weighted by molar-refractivity contribution is 5.61. The average molecular weight is 221 g/mol. The first kappa shape index (κ1) is 10.4. The fourth-order valence-corrected chi connectivity index (χ4v) is 1.32. The Kier molecular flexibility index (Phi) is 2.68. The molecule has 2 rings (SSSR count). The molecule has 2 aromatic rings. The molecule has 1 aromatic heterocycles. The lowest BCUT2D eigenvalue weighted by Crippen LogP contribution is -1.95. The van der Waals surface area contributed by atoms with Gasteiger partial charge in [0.05, 0.1) is 0 Å². The number of nitrogens with one attached hydrogen (secondary N) is 1. The zero-order valence-electron chi connectivity index (χ0n) is 8.24. The molecule has 0 unspecified atom stereocenters. The van der Waals surface area contributed by atoms with Crippen molar-refractivity contribution in [1.82, 2.24) is 4.98 Å². The zero-order chi connectivity index (χ0) is 11.5. The number of nitrogens with two attached hydrogens (primary N) is 1. The molecule has 0 fully saturated rings. The first-order valence-corrected chi connectivity index (χ1v) is 4.58. The first-order chi connectivity index (χ1) is 7.63. The molecular formula is C11H9F2N3. The molecule has 3 nitrogen and oxygen atoms in total. The van der Waals surface area contributed by atoms with Crippen molar-refractivity contribution >= 4 is 17.2 Å². The summed E-state index contributed by atoms with van der Waals surface area (Å²) in [5.41, 5.74) is 6.42. The number of rotatable bonds is 2. The molecule has 0 aliphatic heterocycles. The second-order valence-corrected chi connectivity index (χ2v) is 3.25. The molecule has 0 bridgehead atoms. The van der Waals surface area contributed by atoms with Gasteiger partial charge in [-0.2, -0.15) is 0 Å². The summed E-state index contributed by atoms with van der Waals surface area (Å²) >= 11 is 0. The van der Waals surface area contributed by atoms with E-state index in [2.05, 4.69) is 10.3 Å². The maximum Gasteiger partial charge on any atom is 0.128 e. The van der Waals surface area contributed by atoms with Crippen LogP contribution in [-0.4, -0.2) is 4.98 Å². The first-order valence-electron chi connectivity index (χ1n) is 4.58. The van der Waals surface area contributed by atoms with Crippen molar-refractivity contribution < 1.29 is 8.78 Å². The van der Waals surface area contributed by atoms with Gasteiger partial charge in [0.2, 0.25) is 0 Å². The lowest BCUT2D eigenvalue weighted by molar-refractivity contribution is 0.584. The topological polar surface area (TPSA) is 50.9 Å². The lowest BCUT2D eigenvalue weighted by Gasteiger charge is -2.06. The van der Waals surface area contributed by atoms with Gasteiger partial charge in [-0.1, -0.05) is 0 Å². The minimum Gasteiger partial charge on any atom is -0.384 e. The SMILES string of the molecule is Nc1cc(Nc2cc(F)cc(F)c2)ccn1. The summed E-state index contributed by atoms with van der Waals surface area (Å²) in [6.45, 7) is 0. The van der Waals surface area contributed by atoms with Gasteiger partial charge in [-0.25, -0.2) is 13.8 Å². The molecule has 0 spiro atoms. The van der Waals surface area contributed by atoms with Crippen LogP contribution in [-0.2, 0) is 0 Å². The van der Waals surface area contributed by atoms with E-state index in [1.54, 1.807) is 12.1 Å². The molecule has 0 amide bonds. The quantitative estimate of drug-likeness (QED) is 0.819. The number of aromatic nitrogens is 1. The second kappa shape index (κ2) is 4.14.